The number of ether oxygens (including phenoxy) is 1. The van der Waals surface area contributed by atoms with Gasteiger partial charge in [-0.3, -0.25) is 4.79 Å². The number of carbonyl (C=O) groups is 1. The van der Waals surface area contributed by atoms with E-state index >= 15 is 0 Å². The van der Waals surface area contributed by atoms with E-state index in [9.17, 15) is 9.90 Å². The molecule has 1 amide bonds. The first-order chi connectivity index (χ1) is 8.70. The van der Waals surface area contributed by atoms with E-state index in [1.165, 1.54) is 0 Å². The molecule has 0 radical (unpaired) electrons. The first-order valence-corrected chi connectivity index (χ1v) is 6.91. The first-order valence-electron chi connectivity index (χ1n) is 6.91. The van der Waals surface area contributed by atoms with Gasteiger partial charge in [-0.15, -0.1) is 0 Å². The van der Waals surface area contributed by atoms with Gasteiger partial charge in [0.15, 0.2) is 0 Å². The van der Waals surface area contributed by atoms with Gasteiger partial charge in [0.25, 0.3) is 0 Å². The van der Waals surface area contributed by atoms with Gasteiger partial charge in [-0.2, -0.15) is 0 Å². The highest BCUT2D eigenvalue weighted by Crippen LogP contribution is 2.23. The molecule has 1 saturated heterocycles. The number of amides is 1. The van der Waals surface area contributed by atoms with Gasteiger partial charge in [-0.05, 0) is 38.6 Å². The highest BCUT2D eigenvalue weighted by molar-refractivity contribution is 5.79. The van der Waals surface area contributed by atoms with E-state index in [-0.39, 0.29) is 24.0 Å². The Morgan fingerprint density at radius 3 is 2.67 bits per heavy atom. The molecule has 2 fully saturated rings. The molecule has 18 heavy (non-hydrogen) atoms. The minimum atomic E-state index is -0.131. The fourth-order valence-corrected chi connectivity index (χ4v) is 2.82. The Balaban J connectivity index is 1.71. The van der Waals surface area contributed by atoms with Gasteiger partial charge in [-0.25, -0.2) is 0 Å². The molecule has 0 spiro atoms. The van der Waals surface area contributed by atoms with Crippen molar-refractivity contribution in [2.75, 3.05) is 26.8 Å². The molecule has 1 saturated carbocycles. The smallest absolute Gasteiger partial charge is 0.227 e. The molecular formula is C13H24N2O3. The van der Waals surface area contributed by atoms with E-state index in [1.807, 2.05) is 7.05 Å². The van der Waals surface area contributed by atoms with Crippen LogP contribution in [0.5, 0.6) is 0 Å². The minimum Gasteiger partial charge on any atom is -0.393 e. The molecule has 2 atom stereocenters. The van der Waals surface area contributed by atoms with Crippen LogP contribution in [-0.2, 0) is 9.53 Å². The van der Waals surface area contributed by atoms with E-state index in [4.69, 9.17) is 4.74 Å². The van der Waals surface area contributed by atoms with Gasteiger partial charge in [0.1, 0.15) is 0 Å². The molecule has 2 aliphatic rings. The summed E-state index contributed by atoms with van der Waals surface area (Å²) in [5, 5.41) is 15.6. The maximum absolute atomic E-state index is 12.0. The number of likely N-dealkylation sites (N-methyl/N-ethyl adjacent to an activating group) is 1. The summed E-state index contributed by atoms with van der Waals surface area (Å²) in [4.78, 5) is 12.0. The number of nitrogens with one attached hydrogen (secondary N) is 2. The third kappa shape index (κ3) is 3.43. The third-order valence-electron chi connectivity index (χ3n) is 4.17. The van der Waals surface area contributed by atoms with Crippen molar-refractivity contribution in [1.82, 2.24) is 10.6 Å². The molecule has 104 valence electrons. The Labute approximate surface area is 108 Å². The van der Waals surface area contributed by atoms with Crippen LogP contribution in [0.2, 0.25) is 0 Å². The van der Waals surface area contributed by atoms with Crippen LogP contribution in [0.3, 0.4) is 0 Å². The molecule has 3 N–H and O–H groups in total. The summed E-state index contributed by atoms with van der Waals surface area (Å²) in [5.74, 6) is 0.551. The second kappa shape index (κ2) is 6.50. The van der Waals surface area contributed by atoms with E-state index in [2.05, 4.69) is 10.6 Å². The first kappa shape index (κ1) is 13.8. The summed E-state index contributed by atoms with van der Waals surface area (Å²) in [6, 6.07) is 0.137. The van der Waals surface area contributed by atoms with Crippen molar-refractivity contribution in [1.29, 1.82) is 0 Å². The van der Waals surface area contributed by atoms with Crippen LogP contribution in [-0.4, -0.2) is 50.0 Å². The van der Waals surface area contributed by atoms with Crippen LogP contribution >= 0.6 is 0 Å². The number of aliphatic hydroxyl groups is 1. The quantitative estimate of drug-likeness (QED) is 0.656. The van der Waals surface area contributed by atoms with Crippen LogP contribution in [0.1, 0.15) is 25.7 Å². The lowest BCUT2D eigenvalue weighted by Crippen LogP contribution is -2.44. The monoisotopic (exact) mass is 256 g/mol. The highest BCUT2D eigenvalue weighted by atomic mass is 16.5. The lowest BCUT2D eigenvalue weighted by atomic mass is 9.87. The summed E-state index contributed by atoms with van der Waals surface area (Å²) in [6.07, 6.45) is 3.63. The predicted octanol–water partition coefficient (Wildman–Crippen LogP) is -0.112. The van der Waals surface area contributed by atoms with Crippen molar-refractivity contribution in [2.24, 2.45) is 11.8 Å². The number of hydrogen-bond acceptors (Lipinski definition) is 4. The second-order valence-corrected chi connectivity index (χ2v) is 5.46. The third-order valence-corrected chi connectivity index (χ3v) is 4.17. The van der Waals surface area contributed by atoms with Gasteiger partial charge < -0.3 is 20.5 Å². The SMILES string of the molecule is CNC1COCC1C(=O)NCC1CCC(O)CC1. The molecular weight excluding hydrogens is 232 g/mol. The zero-order valence-corrected chi connectivity index (χ0v) is 11.0. The van der Waals surface area contributed by atoms with E-state index in [1.54, 1.807) is 0 Å². The molecule has 1 aliphatic heterocycles. The maximum atomic E-state index is 12.0. The van der Waals surface area contributed by atoms with E-state index in [0.717, 1.165) is 32.2 Å². The van der Waals surface area contributed by atoms with Gasteiger partial charge in [0.2, 0.25) is 5.91 Å². The molecule has 5 heteroatoms. The topological polar surface area (TPSA) is 70.6 Å². The normalized spacial score (nSPS) is 36.6. The average Bonchev–Trinajstić information content (AvgIpc) is 2.86. The van der Waals surface area contributed by atoms with Crippen molar-refractivity contribution in [3.63, 3.8) is 0 Å². The van der Waals surface area contributed by atoms with Crippen molar-refractivity contribution in [3.05, 3.63) is 0 Å². The lowest BCUT2D eigenvalue weighted by molar-refractivity contribution is -0.125. The van der Waals surface area contributed by atoms with Crippen LogP contribution in [0.15, 0.2) is 0 Å². The summed E-state index contributed by atoms with van der Waals surface area (Å²) in [6.45, 7) is 1.86. The molecule has 0 aromatic carbocycles. The highest BCUT2D eigenvalue weighted by Gasteiger charge is 2.33. The van der Waals surface area contributed by atoms with Crippen molar-refractivity contribution < 1.29 is 14.6 Å². The van der Waals surface area contributed by atoms with Crippen molar-refractivity contribution >= 4 is 5.91 Å². The average molecular weight is 256 g/mol. The van der Waals surface area contributed by atoms with Crippen molar-refractivity contribution in [3.8, 4) is 0 Å². The Bertz CT molecular complexity index is 277. The lowest BCUT2D eigenvalue weighted by Gasteiger charge is -2.26. The van der Waals surface area contributed by atoms with Gasteiger partial charge in [0, 0.05) is 12.6 Å². The van der Waals surface area contributed by atoms with E-state index in [0.29, 0.717) is 19.1 Å². The second-order valence-electron chi connectivity index (χ2n) is 5.46. The number of hydrogen-bond donors (Lipinski definition) is 3. The summed E-state index contributed by atoms with van der Waals surface area (Å²) >= 11 is 0. The molecule has 2 unspecified atom stereocenters. The molecule has 0 bridgehead atoms. The maximum Gasteiger partial charge on any atom is 0.227 e. The molecule has 5 nitrogen and oxygen atoms in total. The predicted molar refractivity (Wildman–Crippen MR) is 68.1 cm³/mol. The molecule has 1 aliphatic carbocycles. The Hall–Kier alpha value is -0.650. The standard InChI is InChI=1S/C13H24N2O3/c1-14-12-8-18-7-11(12)13(17)15-6-9-2-4-10(16)5-3-9/h9-12,14,16H,2-8H2,1H3,(H,15,17). The number of carbonyl (C=O) groups excluding carboxylic acids is 1. The zero-order chi connectivity index (χ0) is 13.0. The van der Waals surface area contributed by atoms with Gasteiger partial charge >= 0.3 is 0 Å². The summed E-state index contributed by atoms with van der Waals surface area (Å²) in [5.41, 5.74) is 0. The van der Waals surface area contributed by atoms with Crippen LogP contribution < -0.4 is 10.6 Å². The summed E-state index contributed by atoms with van der Waals surface area (Å²) in [7, 11) is 1.86. The van der Waals surface area contributed by atoms with Gasteiger partial charge in [-0.1, -0.05) is 0 Å². The number of rotatable bonds is 4. The molecule has 2 rings (SSSR count). The molecule has 0 aromatic heterocycles. The fraction of sp³-hybridized carbons (Fsp3) is 0.923. The Morgan fingerprint density at radius 1 is 1.28 bits per heavy atom. The van der Waals surface area contributed by atoms with Crippen molar-refractivity contribution in [2.45, 2.75) is 37.8 Å². The Morgan fingerprint density at radius 2 is 2.00 bits per heavy atom. The number of aliphatic hydroxyl groups excluding tert-OH is 1. The van der Waals surface area contributed by atoms with Crippen LogP contribution in [0.4, 0.5) is 0 Å². The summed E-state index contributed by atoms with van der Waals surface area (Å²) < 4.78 is 5.33. The zero-order valence-electron chi connectivity index (χ0n) is 11.0. The molecule has 0 aromatic rings. The molecule has 1 heterocycles. The largest absolute Gasteiger partial charge is 0.393 e. The van der Waals surface area contributed by atoms with Crippen LogP contribution in [0, 0.1) is 11.8 Å². The van der Waals surface area contributed by atoms with Crippen LogP contribution in [0.25, 0.3) is 0 Å². The Kier molecular flexibility index (Phi) is 4.97. The van der Waals surface area contributed by atoms with E-state index < -0.39 is 0 Å². The minimum absolute atomic E-state index is 0.0656. The fourth-order valence-electron chi connectivity index (χ4n) is 2.82. The van der Waals surface area contributed by atoms with Gasteiger partial charge in [0.05, 0.1) is 25.2 Å².